The molecule has 130 valence electrons. The topological polar surface area (TPSA) is 84.5 Å². The third-order valence-electron chi connectivity index (χ3n) is 4.81. The van der Waals surface area contributed by atoms with Crippen LogP contribution in [-0.4, -0.2) is 21.7 Å². The molecule has 1 unspecified atom stereocenters. The molecule has 1 atom stereocenters. The number of rotatable bonds is 4. The van der Waals surface area contributed by atoms with E-state index in [9.17, 15) is 14.7 Å². The molecule has 7 heteroatoms. The molecular weight excluding hydrogens is 340 g/mol. The molecule has 0 saturated heterocycles. The van der Waals surface area contributed by atoms with Crippen molar-refractivity contribution >= 4 is 28.3 Å². The number of hydrogen-bond acceptors (Lipinski definition) is 5. The maximum atomic E-state index is 12.8. The van der Waals surface area contributed by atoms with Gasteiger partial charge in [0.2, 0.25) is 0 Å². The maximum absolute atomic E-state index is 12.8. The molecule has 2 aromatic heterocycles. The summed E-state index contributed by atoms with van der Waals surface area (Å²) in [5.41, 5.74) is 1.52. The van der Waals surface area contributed by atoms with Crippen LogP contribution in [0.4, 0.5) is 0 Å². The zero-order chi connectivity index (χ0) is 17.6. The van der Waals surface area contributed by atoms with Crippen LogP contribution in [-0.2, 0) is 7.05 Å². The molecule has 1 saturated carbocycles. The number of hydrogen-bond donors (Lipinski definition) is 2. The van der Waals surface area contributed by atoms with Gasteiger partial charge >= 0.3 is 5.76 Å². The molecule has 2 N–H and O–H groups in total. The Morgan fingerprint density at radius 1 is 1.40 bits per heavy atom. The Morgan fingerprint density at radius 3 is 2.88 bits per heavy atom. The Bertz CT molecular complexity index is 967. The Labute approximate surface area is 147 Å². The van der Waals surface area contributed by atoms with E-state index < -0.39 is 5.76 Å². The molecule has 0 aliphatic heterocycles. The van der Waals surface area contributed by atoms with Crippen molar-refractivity contribution < 1.29 is 14.3 Å². The smallest absolute Gasteiger partial charge is 0.408 e. The van der Waals surface area contributed by atoms with Gasteiger partial charge in [-0.1, -0.05) is 6.07 Å². The summed E-state index contributed by atoms with van der Waals surface area (Å²) in [4.78, 5) is 25.4. The number of amides is 1. The third kappa shape index (κ3) is 2.89. The number of aliphatic hydroxyl groups is 1. The number of aromatic nitrogens is 1. The molecule has 1 aromatic carbocycles. The monoisotopic (exact) mass is 358 g/mol. The Kier molecular flexibility index (Phi) is 3.97. The molecule has 0 bridgehead atoms. The molecule has 1 aliphatic rings. The lowest BCUT2D eigenvalue weighted by atomic mass is 9.76. The van der Waals surface area contributed by atoms with E-state index in [4.69, 9.17) is 4.42 Å². The van der Waals surface area contributed by atoms with Crippen molar-refractivity contribution in [2.45, 2.75) is 25.0 Å². The molecule has 1 fully saturated rings. The highest BCUT2D eigenvalue weighted by molar-refractivity contribution is 7.10. The van der Waals surface area contributed by atoms with E-state index in [1.54, 1.807) is 36.6 Å². The highest BCUT2D eigenvalue weighted by Gasteiger charge is 2.36. The number of carbonyl (C=O) groups is 1. The number of thiophene rings is 1. The highest BCUT2D eigenvalue weighted by Crippen LogP contribution is 2.39. The summed E-state index contributed by atoms with van der Waals surface area (Å²) in [6.07, 6.45) is 1.11. The van der Waals surface area contributed by atoms with E-state index in [0.717, 1.165) is 4.88 Å². The molecule has 6 nitrogen and oxygen atoms in total. The van der Waals surface area contributed by atoms with Gasteiger partial charge in [-0.25, -0.2) is 4.79 Å². The summed E-state index contributed by atoms with van der Waals surface area (Å²) in [7, 11) is 1.61. The number of nitrogens with zero attached hydrogens (tertiary/aromatic N) is 1. The first-order valence-corrected chi connectivity index (χ1v) is 9.03. The van der Waals surface area contributed by atoms with Crippen LogP contribution in [0.2, 0.25) is 0 Å². The number of fused-ring (bicyclic) bond motifs is 1. The van der Waals surface area contributed by atoms with Crippen LogP contribution in [0.25, 0.3) is 11.1 Å². The quantitative estimate of drug-likeness (QED) is 0.750. The third-order valence-corrected chi connectivity index (χ3v) is 5.77. The molecule has 25 heavy (non-hydrogen) atoms. The van der Waals surface area contributed by atoms with Crippen LogP contribution in [0, 0.1) is 5.92 Å². The van der Waals surface area contributed by atoms with E-state index in [1.807, 2.05) is 17.5 Å². The van der Waals surface area contributed by atoms with Gasteiger partial charge in [0.25, 0.3) is 5.91 Å². The Balaban J connectivity index is 1.61. The van der Waals surface area contributed by atoms with Gasteiger partial charge in [0.05, 0.1) is 17.7 Å². The lowest BCUT2D eigenvalue weighted by Crippen LogP contribution is -2.41. The first kappa shape index (κ1) is 16.1. The predicted molar refractivity (Wildman–Crippen MR) is 94.7 cm³/mol. The summed E-state index contributed by atoms with van der Waals surface area (Å²) >= 11 is 1.60. The van der Waals surface area contributed by atoms with Gasteiger partial charge in [0.15, 0.2) is 5.58 Å². The van der Waals surface area contributed by atoms with Gasteiger partial charge in [0, 0.05) is 17.5 Å². The van der Waals surface area contributed by atoms with Crippen molar-refractivity contribution in [2.75, 3.05) is 0 Å². The van der Waals surface area contributed by atoms with Crippen LogP contribution >= 0.6 is 11.3 Å². The van der Waals surface area contributed by atoms with Gasteiger partial charge < -0.3 is 14.8 Å². The second kappa shape index (κ2) is 6.16. The van der Waals surface area contributed by atoms with E-state index >= 15 is 0 Å². The largest absolute Gasteiger partial charge is 0.419 e. The number of carbonyl (C=O) groups excluding carboxylic acids is 1. The van der Waals surface area contributed by atoms with Gasteiger partial charge in [0.1, 0.15) is 0 Å². The number of benzene rings is 1. The zero-order valence-electron chi connectivity index (χ0n) is 13.6. The van der Waals surface area contributed by atoms with Crippen molar-refractivity contribution in [3.05, 3.63) is 56.7 Å². The fraction of sp³-hybridized carbons (Fsp3) is 0.333. The van der Waals surface area contributed by atoms with E-state index in [1.165, 1.54) is 4.57 Å². The second-order valence-electron chi connectivity index (χ2n) is 6.46. The number of aliphatic hydroxyl groups excluding tert-OH is 1. The minimum Gasteiger partial charge on any atom is -0.408 e. The molecule has 0 radical (unpaired) electrons. The van der Waals surface area contributed by atoms with E-state index in [-0.39, 0.29) is 24.0 Å². The number of oxazole rings is 1. The summed E-state index contributed by atoms with van der Waals surface area (Å²) < 4.78 is 6.48. The van der Waals surface area contributed by atoms with Crippen molar-refractivity contribution in [3.8, 4) is 0 Å². The molecule has 1 aliphatic carbocycles. The number of nitrogens with one attached hydrogen (secondary N) is 1. The van der Waals surface area contributed by atoms with Crippen LogP contribution in [0.1, 0.15) is 34.1 Å². The molecule has 4 rings (SSSR count). The van der Waals surface area contributed by atoms with Crippen molar-refractivity contribution in [3.63, 3.8) is 0 Å². The minimum atomic E-state index is -0.451. The van der Waals surface area contributed by atoms with Crippen LogP contribution in [0.3, 0.4) is 0 Å². The van der Waals surface area contributed by atoms with Gasteiger partial charge in [-0.05, 0) is 48.4 Å². The molecular formula is C18H18N2O4S. The second-order valence-corrected chi connectivity index (χ2v) is 7.44. The Morgan fingerprint density at radius 2 is 2.20 bits per heavy atom. The van der Waals surface area contributed by atoms with Gasteiger partial charge in [-0.2, -0.15) is 0 Å². The zero-order valence-corrected chi connectivity index (χ0v) is 14.5. The summed E-state index contributed by atoms with van der Waals surface area (Å²) in [5, 5.41) is 14.7. The van der Waals surface area contributed by atoms with Gasteiger partial charge in [-0.15, -0.1) is 11.3 Å². The van der Waals surface area contributed by atoms with Crippen molar-refractivity contribution in [1.82, 2.24) is 9.88 Å². The van der Waals surface area contributed by atoms with Crippen LogP contribution < -0.4 is 11.1 Å². The van der Waals surface area contributed by atoms with Gasteiger partial charge in [-0.3, -0.25) is 9.36 Å². The van der Waals surface area contributed by atoms with Crippen LogP contribution in [0.15, 0.2) is 44.9 Å². The standard InChI is InChI=1S/C18H18N2O4S/c1-20-13-9-10(4-5-14(13)24-18(20)23)17(22)19-16(11-7-12(21)8-11)15-3-2-6-25-15/h2-6,9,11-12,16,21H,7-8H2,1H3,(H,19,22). The fourth-order valence-corrected chi connectivity index (χ4v) is 4.15. The number of aryl methyl sites for hydroxylation is 1. The average molecular weight is 358 g/mol. The lowest BCUT2D eigenvalue weighted by Gasteiger charge is -2.37. The van der Waals surface area contributed by atoms with Crippen molar-refractivity contribution in [1.29, 1.82) is 0 Å². The average Bonchev–Trinajstić information content (AvgIpc) is 3.19. The normalized spacial score (nSPS) is 21.0. The lowest BCUT2D eigenvalue weighted by molar-refractivity contribution is 0.0241. The van der Waals surface area contributed by atoms with Crippen LogP contribution in [0.5, 0.6) is 0 Å². The first-order valence-electron chi connectivity index (χ1n) is 8.15. The summed E-state index contributed by atoms with van der Waals surface area (Å²) in [6.45, 7) is 0. The molecule has 1 amide bonds. The SMILES string of the molecule is Cn1c(=O)oc2ccc(C(=O)NC(c3cccs3)C3CC(O)C3)cc21. The first-order chi connectivity index (χ1) is 12.0. The van der Waals surface area contributed by atoms with E-state index in [0.29, 0.717) is 29.5 Å². The fourth-order valence-electron chi connectivity index (χ4n) is 3.28. The molecule has 3 aromatic rings. The van der Waals surface area contributed by atoms with E-state index in [2.05, 4.69) is 5.32 Å². The minimum absolute atomic E-state index is 0.111. The Hall–Kier alpha value is -2.38. The molecule has 0 spiro atoms. The maximum Gasteiger partial charge on any atom is 0.419 e. The summed E-state index contributed by atoms with van der Waals surface area (Å²) in [6, 6.07) is 8.81. The van der Waals surface area contributed by atoms with Crippen molar-refractivity contribution in [2.24, 2.45) is 13.0 Å². The predicted octanol–water partition coefficient (Wildman–Crippen LogP) is 2.44. The highest BCUT2D eigenvalue weighted by atomic mass is 32.1. The summed E-state index contributed by atoms with van der Waals surface area (Å²) in [5.74, 6) is -0.414. The molecule has 2 heterocycles.